The average Bonchev–Trinajstić information content (AvgIpc) is 2.42. The molecule has 0 atom stereocenters. The van der Waals surface area contributed by atoms with E-state index < -0.39 is 0 Å². The van der Waals surface area contributed by atoms with Crippen LogP contribution in [-0.2, 0) is 0 Å². The molecular weight excluding hydrogens is 150 g/mol. The van der Waals surface area contributed by atoms with E-state index >= 15 is 0 Å². The molecule has 1 amide bonds. The smallest absolute Gasteiger partial charge is 0.316 e. The standard InChI is InChI=1S/C5H8ClNO.C2H6/c6-5(8)7-3-1-2-4-7;1-2/h1-4H2;1-2H3. The molecule has 2 nitrogen and oxygen atoms in total. The molecule has 1 saturated heterocycles. The van der Waals surface area contributed by atoms with E-state index in [1.54, 1.807) is 4.90 Å². The van der Waals surface area contributed by atoms with Crippen molar-refractivity contribution in [2.75, 3.05) is 13.1 Å². The van der Waals surface area contributed by atoms with E-state index in [1.807, 2.05) is 13.8 Å². The summed E-state index contributed by atoms with van der Waals surface area (Å²) in [6.45, 7) is 5.70. The lowest BCUT2D eigenvalue weighted by molar-refractivity contribution is 0.232. The maximum absolute atomic E-state index is 10.3. The summed E-state index contributed by atoms with van der Waals surface area (Å²) in [6, 6.07) is 0. The average molecular weight is 164 g/mol. The summed E-state index contributed by atoms with van der Waals surface area (Å²) in [7, 11) is 0. The van der Waals surface area contributed by atoms with Crippen LogP contribution in [0.25, 0.3) is 0 Å². The van der Waals surface area contributed by atoms with Crippen LogP contribution in [0.1, 0.15) is 26.7 Å². The Balaban J connectivity index is 0.000000371. The Kier molecular flexibility index (Phi) is 5.40. The van der Waals surface area contributed by atoms with Gasteiger partial charge in [-0.3, -0.25) is 4.79 Å². The number of hydrogen-bond donors (Lipinski definition) is 0. The van der Waals surface area contributed by atoms with Crippen molar-refractivity contribution in [3.63, 3.8) is 0 Å². The van der Waals surface area contributed by atoms with Crippen LogP contribution in [0.2, 0.25) is 0 Å². The Hall–Kier alpha value is -0.240. The first-order valence-electron chi connectivity index (χ1n) is 3.75. The topological polar surface area (TPSA) is 20.3 Å². The quantitative estimate of drug-likeness (QED) is 0.397. The van der Waals surface area contributed by atoms with E-state index in [1.165, 1.54) is 0 Å². The summed E-state index contributed by atoms with van der Waals surface area (Å²) in [4.78, 5) is 12.0. The first-order chi connectivity index (χ1) is 4.80. The maximum Gasteiger partial charge on any atom is 0.316 e. The Morgan fingerprint density at radius 1 is 1.30 bits per heavy atom. The summed E-state index contributed by atoms with van der Waals surface area (Å²) in [6.07, 6.45) is 2.22. The van der Waals surface area contributed by atoms with Crippen LogP contribution in [0, 0.1) is 0 Å². The summed E-state index contributed by atoms with van der Waals surface area (Å²) in [5.41, 5.74) is 0. The zero-order valence-electron chi connectivity index (χ0n) is 6.56. The third-order valence-electron chi connectivity index (χ3n) is 1.35. The molecule has 1 heterocycles. The van der Waals surface area contributed by atoms with Gasteiger partial charge in [0.1, 0.15) is 0 Å². The minimum Gasteiger partial charge on any atom is -0.329 e. The molecule has 0 saturated carbocycles. The van der Waals surface area contributed by atoms with Crippen LogP contribution >= 0.6 is 11.6 Å². The number of carbonyl (C=O) groups excluding carboxylic acids is 1. The van der Waals surface area contributed by atoms with Gasteiger partial charge in [0.15, 0.2) is 0 Å². The number of likely N-dealkylation sites (tertiary alicyclic amines) is 1. The largest absolute Gasteiger partial charge is 0.329 e. The zero-order chi connectivity index (χ0) is 7.98. The van der Waals surface area contributed by atoms with Crippen LogP contribution in [0.15, 0.2) is 0 Å². The third-order valence-corrected chi connectivity index (χ3v) is 1.59. The molecule has 1 aliphatic heterocycles. The Morgan fingerprint density at radius 3 is 1.90 bits per heavy atom. The van der Waals surface area contributed by atoms with Crippen LogP contribution in [0.3, 0.4) is 0 Å². The molecule has 60 valence electrons. The summed E-state index contributed by atoms with van der Waals surface area (Å²) in [5, 5.41) is -0.303. The summed E-state index contributed by atoms with van der Waals surface area (Å²) < 4.78 is 0. The van der Waals surface area contributed by atoms with Crippen LogP contribution < -0.4 is 0 Å². The van der Waals surface area contributed by atoms with Crippen molar-refractivity contribution in [1.29, 1.82) is 0 Å². The second-order valence-corrected chi connectivity index (χ2v) is 2.27. The van der Waals surface area contributed by atoms with E-state index in [0.717, 1.165) is 25.9 Å². The van der Waals surface area contributed by atoms with E-state index in [9.17, 15) is 4.79 Å². The minimum absolute atomic E-state index is 0.303. The molecule has 0 N–H and O–H groups in total. The van der Waals surface area contributed by atoms with E-state index in [0.29, 0.717) is 0 Å². The summed E-state index contributed by atoms with van der Waals surface area (Å²) in [5.74, 6) is 0. The molecule has 0 radical (unpaired) electrons. The number of nitrogens with zero attached hydrogens (tertiary/aromatic N) is 1. The first kappa shape index (κ1) is 9.76. The lowest BCUT2D eigenvalue weighted by Crippen LogP contribution is -2.21. The lowest BCUT2D eigenvalue weighted by Gasteiger charge is -2.07. The molecule has 0 aromatic rings. The SMILES string of the molecule is CC.O=C(Cl)N1CCCC1. The molecule has 0 aliphatic carbocycles. The molecule has 1 fully saturated rings. The van der Waals surface area contributed by atoms with Crippen molar-refractivity contribution < 1.29 is 4.79 Å². The predicted molar refractivity (Wildman–Crippen MR) is 43.4 cm³/mol. The Labute approximate surface area is 67.2 Å². The van der Waals surface area contributed by atoms with Gasteiger partial charge in [0.2, 0.25) is 0 Å². The van der Waals surface area contributed by atoms with Crippen LogP contribution in [-0.4, -0.2) is 23.4 Å². The van der Waals surface area contributed by atoms with Crippen molar-refractivity contribution in [2.45, 2.75) is 26.7 Å². The highest BCUT2D eigenvalue weighted by atomic mass is 35.5. The maximum atomic E-state index is 10.3. The molecule has 0 bridgehead atoms. The number of carbonyl (C=O) groups is 1. The number of rotatable bonds is 0. The molecule has 3 heteroatoms. The summed E-state index contributed by atoms with van der Waals surface area (Å²) >= 11 is 5.17. The van der Waals surface area contributed by atoms with Gasteiger partial charge in [0.05, 0.1) is 0 Å². The zero-order valence-corrected chi connectivity index (χ0v) is 7.32. The van der Waals surface area contributed by atoms with Crippen LogP contribution in [0.4, 0.5) is 4.79 Å². The van der Waals surface area contributed by atoms with Gasteiger partial charge < -0.3 is 4.90 Å². The van der Waals surface area contributed by atoms with E-state index in [-0.39, 0.29) is 5.37 Å². The minimum atomic E-state index is -0.303. The molecule has 10 heavy (non-hydrogen) atoms. The number of halogens is 1. The fourth-order valence-electron chi connectivity index (χ4n) is 0.893. The monoisotopic (exact) mass is 163 g/mol. The van der Waals surface area contributed by atoms with Gasteiger partial charge in [0, 0.05) is 13.1 Å². The highest BCUT2D eigenvalue weighted by Gasteiger charge is 2.14. The van der Waals surface area contributed by atoms with Gasteiger partial charge >= 0.3 is 5.37 Å². The van der Waals surface area contributed by atoms with Crippen LogP contribution in [0.5, 0.6) is 0 Å². The molecule has 0 aromatic heterocycles. The molecule has 0 spiro atoms. The molecule has 1 aliphatic rings. The van der Waals surface area contributed by atoms with Gasteiger partial charge in [-0.2, -0.15) is 0 Å². The third kappa shape index (κ3) is 3.06. The van der Waals surface area contributed by atoms with E-state index in [4.69, 9.17) is 11.6 Å². The number of hydrogen-bond acceptors (Lipinski definition) is 1. The van der Waals surface area contributed by atoms with Crippen molar-refractivity contribution in [1.82, 2.24) is 4.90 Å². The highest BCUT2D eigenvalue weighted by molar-refractivity contribution is 6.62. The van der Waals surface area contributed by atoms with Crippen molar-refractivity contribution in [2.24, 2.45) is 0 Å². The van der Waals surface area contributed by atoms with Gasteiger partial charge in [-0.05, 0) is 24.4 Å². The molecular formula is C7H14ClNO. The lowest BCUT2D eigenvalue weighted by atomic mass is 10.4. The second-order valence-electron chi connectivity index (χ2n) is 1.95. The van der Waals surface area contributed by atoms with Crippen molar-refractivity contribution >= 4 is 17.0 Å². The van der Waals surface area contributed by atoms with Gasteiger partial charge in [-0.25, -0.2) is 0 Å². The molecule has 1 rings (SSSR count). The number of amides is 1. The van der Waals surface area contributed by atoms with Gasteiger partial charge in [-0.15, -0.1) is 0 Å². The Morgan fingerprint density at radius 2 is 1.70 bits per heavy atom. The second kappa shape index (κ2) is 5.54. The predicted octanol–water partition coefficient (Wildman–Crippen LogP) is 2.47. The van der Waals surface area contributed by atoms with Gasteiger partial charge in [-0.1, -0.05) is 13.8 Å². The highest BCUT2D eigenvalue weighted by Crippen LogP contribution is 2.08. The first-order valence-corrected chi connectivity index (χ1v) is 4.13. The fourth-order valence-corrected chi connectivity index (χ4v) is 1.06. The van der Waals surface area contributed by atoms with Gasteiger partial charge in [0.25, 0.3) is 0 Å². The van der Waals surface area contributed by atoms with Crippen molar-refractivity contribution in [3.8, 4) is 0 Å². The molecule has 0 aromatic carbocycles. The van der Waals surface area contributed by atoms with Crippen molar-refractivity contribution in [3.05, 3.63) is 0 Å². The molecule has 0 unspecified atom stereocenters. The Bertz CT molecular complexity index is 99.8. The fraction of sp³-hybridized carbons (Fsp3) is 0.857. The van der Waals surface area contributed by atoms with E-state index in [2.05, 4.69) is 0 Å². The normalized spacial score (nSPS) is 16.1.